The number of rotatable bonds is 5. The van der Waals surface area contributed by atoms with E-state index in [-0.39, 0.29) is 40.7 Å². The first-order chi connectivity index (χ1) is 17.6. The van der Waals surface area contributed by atoms with Gasteiger partial charge in [-0.25, -0.2) is 18.2 Å². The predicted octanol–water partition coefficient (Wildman–Crippen LogP) is 9.64. The molecule has 0 spiro atoms. The summed E-state index contributed by atoms with van der Waals surface area (Å²) >= 11 is 0. The van der Waals surface area contributed by atoms with Crippen LogP contribution in [0.25, 0.3) is 0 Å². The third-order valence-corrected chi connectivity index (χ3v) is 11.9. The Labute approximate surface area is 252 Å². The van der Waals surface area contributed by atoms with Crippen molar-refractivity contribution >= 4 is 17.2 Å². The van der Waals surface area contributed by atoms with Gasteiger partial charge in [0.15, 0.2) is 0 Å². The molecule has 5 heteroatoms. The van der Waals surface area contributed by atoms with E-state index < -0.39 is 5.16 Å². The predicted molar refractivity (Wildman–Crippen MR) is 171 cm³/mol. The van der Waals surface area contributed by atoms with Crippen molar-refractivity contribution in [2.24, 2.45) is 0 Å². The van der Waals surface area contributed by atoms with Crippen LogP contribution in [0.4, 0.5) is 0 Å². The van der Waals surface area contributed by atoms with Gasteiger partial charge in [0.2, 0.25) is 0 Å². The summed E-state index contributed by atoms with van der Waals surface area (Å²) < 4.78 is 0. The third-order valence-electron chi connectivity index (χ3n) is 7.00. The van der Waals surface area contributed by atoms with Crippen LogP contribution in [0.15, 0.2) is 91.5 Å². The number of aromatic nitrogens is 2. The maximum absolute atomic E-state index is 4.50. The third kappa shape index (κ3) is 8.44. The minimum atomic E-state index is -0.405. The molecule has 0 radical (unpaired) electrons. The normalized spacial score (nSPS) is 12.5. The van der Waals surface area contributed by atoms with Gasteiger partial charge in [0.25, 0.3) is 0 Å². The molecule has 0 saturated heterocycles. The first-order valence-corrected chi connectivity index (χ1v) is 15.6. The Kier molecular flexibility index (Phi) is 11.5. The van der Waals surface area contributed by atoms with E-state index in [0.29, 0.717) is 0 Å². The summed E-state index contributed by atoms with van der Waals surface area (Å²) in [6.45, 7) is 21.4. The molecule has 4 rings (SSSR count). The molecule has 0 aliphatic rings. The van der Waals surface area contributed by atoms with Crippen LogP contribution < -0.4 is 0 Å². The second-order valence-electron chi connectivity index (χ2n) is 13.1. The zero-order valence-electron chi connectivity index (χ0n) is 25.1. The first kappa shape index (κ1) is 33.6. The molecule has 0 aliphatic carbocycles. The van der Waals surface area contributed by atoms with E-state index in [0.717, 1.165) is 6.16 Å². The Balaban J connectivity index is 0.000000797. The van der Waals surface area contributed by atoms with Gasteiger partial charge in [-0.1, -0.05) is 80.6 Å². The smallest absolute Gasteiger partial charge is 0.264 e. The van der Waals surface area contributed by atoms with Gasteiger partial charge >= 0.3 is 17.1 Å². The Morgan fingerprint density at radius 3 is 1.59 bits per heavy atom. The average Bonchev–Trinajstić information content (AvgIpc) is 3.55. The molecule has 2 heterocycles. The van der Waals surface area contributed by atoms with E-state index in [9.17, 15) is 0 Å². The quantitative estimate of drug-likeness (QED) is 0.130. The number of pyridine rings is 2. The van der Waals surface area contributed by atoms with Crippen molar-refractivity contribution in [3.8, 4) is 0 Å². The van der Waals surface area contributed by atoms with Crippen LogP contribution in [-0.4, -0.2) is 20.3 Å². The number of nitrogens with zero attached hydrogens (tertiary/aromatic N) is 2. The molecule has 1 atom stereocenters. The molecule has 0 fully saturated rings. The molecule has 39 heavy (non-hydrogen) atoms. The maximum Gasteiger partial charge on any atom is 2.00 e. The van der Waals surface area contributed by atoms with Crippen molar-refractivity contribution in [3.05, 3.63) is 119 Å². The van der Waals surface area contributed by atoms with Gasteiger partial charge in [-0.2, -0.15) is 35.4 Å². The van der Waals surface area contributed by atoms with E-state index in [1.54, 1.807) is 0 Å². The van der Waals surface area contributed by atoms with E-state index in [1.807, 2.05) is 67.3 Å². The Morgan fingerprint density at radius 1 is 0.769 bits per heavy atom. The first-order valence-electron chi connectivity index (χ1n) is 13.5. The van der Waals surface area contributed by atoms with Gasteiger partial charge in [0, 0.05) is 29.9 Å². The van der Waals surface area contributed by atoms with Crippen LogP contribution in [0, 0.1) is 0 Å². The van der Waals surface area contributed by atoms with Crippen molar-refractivity contribution in [2.75, 3.05) is 0 Å². The monoisotopic (exact) mass is 600 g/mol. The fourth-order valence-corrected chi connectivity index (χ4v) is 9.30. The summed E-state index contributed by atoms with van der Waals surface area (Å²) in [6, 6.07) is 23.4. The molecule has 2 nitrogen and oxygen atoms in total. The van der Waals surface area contributed by atoms with Crippen LogP contribution in [0.2, 0.25) is 0 Å². The van der Waals surface area contributed by atoms with Crippen LogP contribution in [-0.2, 0) is 33.8 Å². The average molecular weight is 601 g/mol. The molecule has 2 aromatic heterocycles. The van der Waals surface area contributed by atoms with Gasteiger partial charge in [0.05, 0.1) is 0 Å². The van der Waals surface area contributed by atoms with Crippen molar-refractivity contribution in [1.29, 1.82) is 0 Å². The summed E-state index contributed by atoms with van der Waals surface area (Å²) in [4.78, 5) is 8.99. The molecule has 4 aromatic rings. The fourth-order valence-electron chi connectivity index (χ4n) is 5.13. The molecule has 0 N–H and O–H groups in total. The topological polar surface area (TPSA) is 25.8 Å². The van der Waals surface area contributed by atoms with Gasteiger partial charge in [-0.15, -0.1) is 22.7 Å². The minimum Gasteiger partial charge on any atom is -0.264 e. The summed E-state index contributed by atoms with van der Waals surface area (Å²) in [5.74, 6) is 0. The molecule has 0 saturated carbocycles. The van der Waals surface area contributed by atoms with E-state index in [4.69, 9.17) is 0 Å². The second kappa shape index (κ2) is 13.4. The van der Waals surface area contributed by atoms with E-state index in [2.05, 4.69) is 106 Å². The van der Waals surface area contributed by atoms with Crippen LogP contribution in [0.3, 0.4) is 0 Å². The Hall–Kier alpha value is -1.62. The van der Waals surface area contributed by atoms with Gasteiger partial charge in [-0.3, -0.25) is 9.97 Å². The van der Waals surface area contributed by atoms with Gasteiger partial charge in [-0.05, 0) is 39.0 Å². The Morgan fingerprint density at radius 2 is 1.26 bits per heavy atom. The van der Waals surface area contributed by atoms with Crippen molar-refractivity contribution in [1.82, 2.24) is 9.97 Å². The fraction of sp³-hybridized carbons (Fsp3) is 0.412. The zero-order valence-corrected chi connectivity index (χ0v) is 28.3. The number of hydrogen-bond donors (Lipinski definition) is 0. The van der Waals surface area contributed by atoms with Crippen LogP contribution >= 0.6 is 17.2 Å². The maximum atomic E-state index is 4.50. The molecule has 210 valence electrons. The molecule has 0 aliphatic heterocycles. The summed E-state index contributed by atoms with van der Waals surface area (Å²) in [5.41, 5.74) is 6.63. The molecular weight excluding hydrogens is 554 g/mol. The Bertz CT molecular complexity index is 1170. The summed E-state index contributed by atoms with van der Waals surface area (Å²) in [7, 11) is 2.92. The van der Waals surface area contributed by atoms with Crippen molar-refractivity contribution < 1.29 is 17.1 Å². The zero-order chi connectivity index (χ0) is 28.2. The van der Waals surface area contributed by atoms with E-state index >= 15 is 0 Å². The molecule has 1 unspecified atom stereocenters. The van der Waals surface area contributed by atoms with Gasteiger partial charge in [0.1, 0.15) is 0 Å². The van der Waals surface area contributed by atoms with Crippen LogP contribution in [0.5, 0.6) is 0 Å². The van der Waals surface area contributed by atoms with Crippen LogP contribution in [0.1, 0.15) is 90.1 Å². The van der Waals surface area contributed by atoms with E-state index in [1.165, 1.54) is 27.8 Å². The second-order valence-corrected chi connectivity index (χ2v) is 17.8. The molecule has 0 amide bonds. The van der Waals surface area contributed by atoms with Crippen molar-refractivity contribution in [2.45, 2.75) is 89.4 Å². The SMILES string of the molecule is CC(C)(C)c1cc(CP(C(C)(C)C)C(C)(C)C)c(C(P)(c2cccnc2)c2cccnc2)[cH-]1.[Fe+2].c1cc[cH-]c1. The largest absolute Gasteiger partial charge is 2.00 e. The number of hydrogen-bond acceptors (Lipinski definition) is 2. The summed E-state index contributed by atoms with van der Waals surface area (Å²) in [5, 5.41) is 0.116. The summed E-state index contributed by atoms with van der Waals surface area (Å²) in [6.07, 6.45) is 8.81. The molecule has 2 aromatic carbocycles. The minimum absolute atomic E-state index is 0. The molecule has 0 bridgehead atoms. The molecular formula is C34H46FeN2P2. The van der Waals surface area contributed by atoms with Crippen molar-refractivity contribution in [3.63, 3.8) is 0 Å². The van der Waals surface area contributed by atoms with Gasteiger partial charge < -0.3 is 0 Å². The standard InChI is InChI=1S/C29H41N2P2.C5H5.Fe/c1-26(2,3)24-16-21(20-33(27(4,5)6)28(7,8)9)25(17-24)29(32,22-12-10-14-30-18-22)23-13-11-15-31-19-23;1-2-4-5-3-1;/h10-19H,20,32H2,1-9H3;1-5H;/q2*-1;+2.